The smallest absolute Gasteiger partial charge is 0.289 e. The number of aliphatic hydroxyl groups is 1. The second-order valence-electron chi connectivity index (χ2n) is 23.8. The minimum atomic E-state index is -1.31. The third-order valence-electron chi connectivity index (χ3n) is 16.8. The van der Waals surface area contributed by atoms with Crippen LogP contribution >= 0.6 is 0 Å². The van der Waals surface area contributed by atoms with Crippen molar-refractivity contribution in [3.8, 4) is 0 Å². The summed E-state index contributed by atoms with van der Waals surface area (Å²) in [5.41, 5.74) is 1.37. The molecule has 0 radical (unpaired) electrons. The van der Waals surface area contributed by atoms with Gasteiger partial charge in [0.2, 0.25) is 29.4 Å². The standard InChI is InChI=1S/C57H82N12O10/c1-6-14-40(47(71)54(77)62-35-21-22-35)63-53(76)46-36-18-10-17-34(36)31-69(46)56(79)48(57(2,3)4)66-52(75)45(33-15-8-7-9-16-33)65-50(73)42-30-60-41(29-61-42)49(72)59-26-13-28-67(5)27-12-25-58-39-20-11-19-37-38(39)32-68(55(37)78)43-23-24-44(70)64-51(43)74/h11,19-20,29-30,33-36,40,43,45-46,48,53,58,63,76H,6-10,12-18,21-28,31-32H2,1-5H3,(H,59,72)(H,62,77)(H,65,73)(H,66,75)(H,64,70,74)/t34-,36?,40-,43?,45-,46-,48+,53?/m0/s1. The van der Waals surface area contributed by atoms with Gasteiger partial charge in [0.15, 0.2) is 0 Å². The van der Waals surface area contributed by atoms with Crippen LogP contribution in [-0.2, 0) is 35.3 Å². The van der Waals surface area contributed by atoms with Crippen LogP contribution in [0, 0.1) is 23.2 Å². The number of ketones is 1. The van der Waals surface area contributed by atoms with E-state index in [0.29, 0.717) is 76.8 Å². The lowest BCUT2D eigenvalue weighted by Gasteiger charge is -2.40. The Bertz CT molecular complexity index is 2580. The molecule has 22 heteroatoms. The Morgan fingerprint density at radius 2 is 1.57 bits per heavy atom. The molecule has 8 amide bonds. The van der Waals surface area contributed by atoms with Gasteiger partial charge in [-0.25, -0.2) is 9.97 Å². The van der Waals surface area contributed by atoms with Gasteiger partial charge in [-0.1, -0.05) is 65.9 Å². The number of aliphatic hydroxyl groups excluding tert-OH is 1. The molecule has 22 nitrogen and oxygen atoms in total. The van der Waals surface area contributed by atoms with Crippen molar-refractivity contribution in [3.05, 3.63) is 53.1 Å². The third kappa shape index (κ3) is 14.5. The lowest BCUT2D eigenvalue weighted by atomic mass is 9.82. The number of anilines is 1. The van der Waals surface area contributed by atoms with Crippen LogP contribution in [0.4, 0.5) is 5.69 Å². The largest absolute Gasteiger partial charge is 0.385 e. The Kier molecular flexibility index (Phi) is 19.5. The molecule has 430 valence electrons. The molecule has 5 fully saturated rings. The molecule has 3 aliphatic carbocycles. The Morgan fingerprint density at radius 1 is 0.861 bits per heavy atom. The number of likely N-dealkylation sites (tertiary alicyclic amines) is 1. The molecule has 3 unspecified atom stereocenters. The van der Waals surface area contributed by atoms with Gasteiger partial charge in [-0.2, -0.15) is 0 Å². The molecule has 79 heavy (non-hydrogen) atoms. The number of aromatic nitrogens is 2. The van der Waals surface area contributed by atoms with Crippen LogP contribution in [0.3, 0.4) is 0 Å². The van der Waals surface area contributed by atoms with Crippen molar-refractivity contribution in [2.45, 2.75) is 179 Å². The number of fused-ring (bicyclic) bond motifs is 2. The average Bonchev–Trinajstić information content (AvgIpc) is 3.92. The molecule has 3 aliphatic heterocycles. The fraction of sp³-hybridized carbons (Fsp3) is 0.667. The zero-order chi connectivity index (χ0) is 56.5. The van der Waals surface area contributed by atoms with Crippen LogP contribution in [0.15, 0.2) is 30.6 Å². The maximum atomic E-state index is 15.0. The molecule has 6 aliphatic rings. The summed E-state index contributed by atoms with van der Waals surface area (Å²) in [6, 6.07) is 1.12. The van der Waals surface area contributed by atoms with Crippen LogP contribution in [0.2, 0.25) is 0 Å². The minimum absolute atomic E-state index is 0.00108. The summed E-state index contributed by atoms with van der Waals surface area (Å²) in [5, 5.41) is 32.4. The predicted molar refractivity (Wildman–Crippen MR) is 292 cm³/mol. The molecule has 3 saturated carbocycles. The quantitative estimate of drug-likeness (QED) is 0.0307. The van der Waals surface area contributed by atoms with E-state index in [2.05, 4.69) is 52.1 Å². The Hall–Kier alpha value is -6.39. The number of carbonyl (C=O) groups is 9. The van der Waals surface area contributed by atoms with Gasteiger partial charge < -0.3 is 46.4 Å². The molecule has 1 aromatic carbocycles. The molecular weight excluding hydrogens is 1010 g/mol. The van der Waals surface area contributed by atoms with Gasteiger partial charge in [0.05, 0.1) is 24.5 Å². The van der Waals surface area contributed by atoms with Gasteiger partial charge in [-0.05, 0) is 120 Å². The van der Waals surface area contributed by atoms with Gasteiger partial charge in [0.1, 0.15) is 35.7 Å². The van der Waals surface area contributed by atoms with Gasteiger partial charge >= 0.3 is 0 Å². The monoisotopic (exact) mass is 1090 g/mol. The molecule has 0 bridgehead atoms. The molecule has 1 aromatic heterocycles. The van der Waals surface area contributed by atoms with E-state index < -0.39 is 77.2 Å². The number of hydrogen-bond donors (Lipinski definition) is 8. The van der Waals surface area contributed by atoms with E-state index in [-0.39, 0.29) is 59.3 Å². The first-order valence-electron chi connectivity index (χ1n) is 28.8. The van der Waals surface area contributed by atoms with E-state index >= 15 is 0 Å². The van der Waals surface area contributed by atoms with E-state index in [1.807, 2.05) is 46.9 Å². The van der Waals surface area contributed by atoms with E-state index in [1.165, 1.54) is 17.3 Å². The van der Waals surface area contributed by atoms with Crippen molar-refractivity contribution in [2.75, 3.05) is 45.1 Å². The number of Topliss-reactive ketones (excluding diaryl/α,β-unsaturated/α-hetero) is 1. The zero-order valence-electron chi connectivity index (χ0n) is 46.6. The van der Waals surface area contributed by atoms with Gasteiger partial charge in [0.25, 0.3) is 23.6 Å². The highest BCUT2D eigenvalue weighted by atomic mass is 16.3. The summed E-state index contributed by atoms with van der Waals surface area (Å²) >= 11 is 0. The van der Waals surface area contributed by atoms with Crippen molar-refractivity contribution in [2.24, 2.45) is 23.2 Å². The number of nitrogens with one attached hydrogen (secondary N) is 7. The van der Waals surface area contributed by atoms with Crippen molar-refractivity contribution < 1.29 is 48.3 Å². The number of carbonyl (C=O) groups excluding carboxylic acids is 9. The molecule has 2 aromatic rings. The summed E-state index contributed by atoms with van der Waals surface area (Å²) < 4.78 is 0. The van der Waals surface area contributed by atoms with E-state index in [0.717, 1.165) is 75.6 Å². The second-order valence-corrected chi connectivity index (χ2v) is 23.8. The van der Waals surface area contributed by atoms with Crippen molar-refractivity contribution in [1.82, 2.24) is 56.6 Å². The Morgan fingerprint density at radius 3 is 2.24 bits per heavy atom. The maximum absolute atomic E-state index is 15.0. The molecule has 8 N–H and O–H groups in total. The van der Waals surface area contributed by atoms with E-state index in [9.17, 15) is 48.3 Å². The van der Waals surface area contributed by atoms with Crippen LogP contribution in [0.25, 0.3) is 0 Å². The van der Waals surface area contributed by atoms with E-state index in [1.54, 1.807) is 11.0 Å². The molecule has 8 rings (SSSR count). The highest BCUT2D eigenvalue weighted by Crippen LogP contribution is 2.44. The van der Waals surface area contributed by atoms with Crippen molar-refractivity contribution >= 4 is 58.7 Å². The number of nitrogens with zero attached hydrogens (tertiary/aromatic N) is 5. The summed E-state index contributed by atoms with van der Waals surface area (Å²) in [5.74, 6) is -4.43. The second kappa shape index (κ2) is 26.3. The highest BCUT2D eigenvalue weighted by Gasteiger charge is 2.52. The number of piperidine rings is 1. The molecule has 0 spiro atoms. The summed E-state index contributed by atoms with van der Waals surface area (Å²) in [7, 11) is 1.99. The SMILES string of the molecule is CCC[C@H](NC(O)[C@@H]1C2CCC[C@H]2CN1C(=O)[C@@H](NC(=O)[C@@H](NC(=O)c1cnc(C(=O)NCCCN(C)CCCNc2cccc3c2CN(C2CCC(=O)NC2=O)C3=O)cn1)C1CCCCC1)C(C)(C)C)C(=O)C(=O)NC1CC1. The zero-order valence-corrected chi connectivity index (χ0v) is 46.6. The number of imide groups is 1. The van der Waals surface area contributed by atoms with Gasteiger partial charge in [0, 0.05) is 55.5 Å². The van der Waals surface area contributed by atoms with Crippen LogP contribution in [-0.4, -0.2) is 165 Å². The summed E-state index contributed by atoms with van der Waals surface area (Å²) in [4.78, 5) is 134. The van der Waals surface area contributed by atoms with Crippen LogP contribution in [0.1, 0.15) is 167 Å². The number of benzene rings is 1. The van der Waals surface area contributed by atoms with Crippen molar-refractivity contribution in [1.29, 1.82) is 0 Å². The van der Waals surface area contributed by atoms with Gasteiger partial charge in [-0.15, -0.1) is 0 Å². The number of rotatable bonds is 25. The van der Waals surface area contributed by atoms with Crippen LogP contribution < -0.4 is 37.2 Å². The highest BCUT2D eigenvalue weighted by molar-refractivity contribution is 6.38. The molecule has 8 atom stereocenters. The minimum Gasteiger partial charge on any atom is -0.385 e. The first kappa shape index (κ1) is 58.8. The summed E-state index contributed by atoms with van der Waals surface area (Å²) in [6.45, 7) is 10.6. The van der Waals surface area contributed by atoms with Gasteiger partial charge in [-0.3, -0.25) is 53.8 Å². The topological polar surface area (TPSA) is 294 Å². The predicted octanol–water partition coefficient (Wildman–Crippen LogP) is 2.55. The third-order valence-corrected chi connectivity index (χ3v) is 16.8. The number of amides is 8. The molecule has 2 saturated heterocycles. The Balaban J connectivity index is 0.813. The lowest BCUT2D eigenvalue weighted by molar-refractivity contribution is -0.145. The normalized spacial score (nSPS) is 22.8. The lowest BCUT2D eigenvalue weighted by Crippen LogP contribution is -2.63. The fourth-order valence-electron chi connectivity index (χ4n) is 12.3. The van der Waals surface area contributed by atoms with Crippen LogP contribution in [0.5, 0.6) is 0 Å². The maximum Gasteiger partial charge on any atom is 0.289 e. The molecular formula is C57H82N12O10. The Labute approximate surface area is 462 Å². The average molecular weight is 1100 g/mol. The summed E-state index contributed by atoms with van der Waals surface area (Å²) in [6.07, 6.45) is 12.4. The fourth-order valence-corrected chi connectivity index (χ4v) is 12.3. The van der Waals surface area contributed by atoms with E-state index in [4.69, 9.17) is 0 Å². The van der Waals surface area contributed by atoms with Crippen molar-refractivity contribution in [3.63, 3.8) is 0 Å². The first-order valence-corrected chi connectivity index (χ1v) is 28.8. The first-order chi connectivity index (χ1) is 37.8. The molecule has 4 heterocycles. The number of hydrogen-bond acceptors (Lipinski definition) is 15.